The van der Waals surface area contributed by atoms with E-state index in [2.05, 4.69) is 0 Å². The number of benzene rings is 1. The van der Waals surface area contributed by atoms with E-state index in [-0.39, 0.29) is 5.78 Å². The van der Waals surface area contributed by atoms with Crippen LogP contribution >= 0.6 is 0 Å². The standard InChI is InChI=1S/C13H15NO2/c1-3-10-12(13(14)8(2)15)9-6-4-5-7-11(9)16-10/h4-7,13H,3,14H2,1-2H3. The van der Waals surface area contributed by atoms with Gasteiger partial charge in [0.05, 0.1) is 6.04 Å². The third kappa shape index (κ3) is 1.63. The van der Waals surface area contributed by atoms with Gasteiger partial charge in [-0.3, -0.25) is 4.79 Å². The zero-order valence-corrected chi connectivity index (χ0v) is 9.49. The van der Waals surface area contributed by atoms with Crippen LogP contribution in [0.15, 0.2) is 28.7 Å². The fourth-order valence-electron chi connectivity index (χ4n) is 1.92. The van der Waals surface area contributed by atoms with E-state index in [0.29, 0.717) is 0 Å². The molecule has 0 fully saturated rings. The van der Waals surface area contributed by atoms with E-state index in [9.17, 15) is 4.79 Å². The van der Waals surface area contributed by atoms with Crippen molar-refractivity contribution in [2.45, 2.75) is 26.3 Å². The Bertz CT molecular complexity index is 528. The van der Waals surface area contributed by atoms with Crippen molar-refractivity contribution in [2.24, 2.45) is 5.73 Å². The molecule has 0 saturated carbocycles. The molecule has 16 heavy (non-hydrogen) atoms. The van der Waals surface area contributed by atoms with Crippen molar-refractivity contribution in [3.05, 3.63) is 35.6 Å². The van der Waals surface area contributed by atoms with Crippen molar-refractivity contribution >= 4 is 16.8 Å². The fraction of sp³-hybridized carbons (Fsp3) is 0.308. The fourth-order valence-corrected chi connectivity index (χ4v) is 1.92. The number of rotatable bonds is 3. The summed E-state index contributed by atoms with van der Waals surface area (Å²) in [6.45, 7) is 3.50. The maximum atomic E-state index is 11.4. The number of Topliss-reactive ketones (excluding diaryl/α,β-unsaturated/α-hetero) is 1. The van der Waals surface area contributed by atoms with E-state index in [1.165, 1.54) is 6.92 Å². The van der Waals surface area contributed by atoms with Crippen molar-refractivity contribution < 1.29 is 9.21 Å². The van der Waals surface area contributed by atoms with E-state index in [1.807, 2.05) is 31.2 Å². The van der Waals surface area contributed by atoms with Crippen LogP contribution < -0.4 is 5.73 Å². The van der Waals surface area contributed by atoms with Crippen molar-refractivity contribution in [1.29, 1.82) is 0 Å². The van der Waals surface area contributed by atoms with Gasteiger partial charge in [0.2, 0.25) is 0 Å². The zero-order chi connectivity index (χ0) is 11.7. The molecule has 0 amide bonds. The summed E-state index contributed by atoms with van der Waals surface area (Å²) < 4.78 is 5.69. The minimum Gasteiger partial charge on any atom is -0.461 e. The second-order valence-electron chi connectivity index (χ2n) is 3.88. The maximum Gasteiger partial charge on any atom is 0.151 e. The first-order valence-electron chi connectivity index (χ1n) is 5.41. The zero-order valence-electron chi connectivity index (χ0n) is 9.49. The molecule has 1 unspecified atom stereocenters. The molecular formula is C13H15NO2. The maximum absolute atomic E-state index is 11.4. The van der Waals surface area contributed by atoms with Gasteiger partial charge in [0.1, 0.15) is 11.3 Å². The Hall–Kier alpha value is -1.61. The van der Waals surface area contributed by atoms with Gasteiger partial charge in [-0.25, -0.2) is 0 Å². The lowest BCUT2D eigenvalue weighted by Crippen LogP contribution is -2.19. The van der Waals surface area contributed by atoms with Gasteiger partial charge in [0, 0.05) is 17.4 Å². The first kappa shape index (κ1) is 10.9. The van der Waals surface area contributed by atoms with E-state index in [0.717, 1.165) is 28.7 Å². The molecule has 1 atom stereocenters. The van der Waals surface area contributed by atoms with Crippen LogP contribution in [-0.4, -0.2) is 5.78 Å². The molecule has 84 valence electrons. The number of aryl methyl sites for hydroxylation is 1. The quantitative estimate of drug-likeness (QED) is 0.859. The van der Waals surface area contributed by atoms with Crippen LogP contribution in [0.1, 0.15) is 31.2 Å². The Kier molecular flexibility index (Phi) is 2.79. The van der Waals surface area contributed by atoms with Gasteiger partial charge in [-0.05, 0) is 13.0 Å². The lowest BCUT2D eigenvalue weighted by molar-refractivity contribution is -0.118. The van der Waals surface area contributed by atoms with Gasteiger partial charge in [0.15, 0.2) is 5.78 Å². The second kappa shape index (κ2) is 4.10. The predicted octanol–water partition coefficient (Wildman–Crippen LogP) is 2.58. The number of furan rings is 1. The highest BCUT2D eigenvalue weighted by Crippen LogP contribution is 2.30. The highest BCUT2D eigenvalue weighted by molar-refractivity contribution is 5.91. The predicted molar refractivity (Wildman–Crippen MR) is 63.2 cm³/mol. The van der Waals surface area contributed by atoms with Gasteiger partial charge in [0.25, 0.3) is 0 Å². The smallest absolute Gasteiger partial charge is 0.151 e. The van der Waals surface area contributed by atoms with Gasteiger partial charge >= 0.3 is 0 Å². The van der Waals surface area contributed by atoms with E-state index in [1.54, 1.807) is 0 Å². The summed E-state index contributed by atoms with van der Waals surface area (Å²) in [5.41, 5.74) is 7.55. The molecule has 0 spiro atoms. The Morgan fingerprint density at radius 3 is 2.75 bits per heavy atom. The average molecular weight is 217 g/mol. The van der Waals surface area contributed by atoms with Gasteiger partial charge in [-0.2, -0.15) is 0 Å². The Labute approximate surface area is 94.2 Å². The molecule has 1 heterocycles. The topological polar surface area (TPSA) is 56.2 Å². The van der Waals surface area contributed by atoms with Gasteiger partial charge in [-0.15, -0.1) is 0 Å². The number of carbonyl (C=O) groups excluding carboxylic acids is 1. The molecule has 0 saturated heterocycles. The molecule has 2 N–H and O–H groups in total. The molecule has 3 heteroatoms. The summed E-state index contributed by atoms with van der Waals surface area (Å²) >= 11 is 0. The molecule has 3 nitrogen and oxygen atoms in total. The first-order chi connectivity index (χ1) is 7.65. The SMILES string of the molecule is CCc1oc2ccccc2c1C(N)C(C)=O. The summed E-state index contributed by atoms with van der Waals surface area (Å²) in [5, 5.41) is 0.946. The van der Waals surface area contributed by atoms with Crippen molar-refractivity contribution in [2.75, 3.05) is 0 Å². The van der Waals surface area contributed by atoms with Crippen LogP contribution in [0, 0.1) is 0 Å². The second-order valence-corrected chi connectivity index (χ2v) is 3.88. The number of hydrogen-bond acceptors (Lipinski definition) is 3. The third-order valence-corrected chi connectivity index (χ3v) is 2.78. The van der Waals surface area contributed by atoms with Crippen molar-refractivity contribution in [1.82, 2.24) is 0 Å². The molecule has 0 radical (unpaired) electrons. The number of ketones is 1. The molecule has 0 aliphatic heterocycles. The number of nitrogens with two attached hydrogens (primary N) is 1. The van der Waals surface area contributed by atoms with E-state index in [4.69, 9.17) is 10.2 Å². The van der Waals surface area contributed by atoms with Crippen molar-refractivity contribution in [3.63, 3.8) is 0 Å². The minimum absolute atomic E-state index is 0.0405. The Balaban J connectivity index is 2.69. The van der Waals surface area contributed by atoms with Crippen LogP contribution in [0.2, 0.25) is 0 Å². The first-order valence-corrected chi connectivity index (χ1v) is 5.41. The average Bonchev–Trinajstić information content (AvgIpc) is 2.66. The van der Waals surface area contributed by atoms with Gasteiger partial charge in [-0.1, -0.05) is 25.1 Å². The molecule has 2 aromatic rings. The third-order valence-electron chi connectivity index (χ3n) is 2.78. The van der Waals surface area contributed by atoms with Crippen LogP contribution in [0.5, 0.6) is 0 Å². The Morgan fingerprint density at radius 1 is 1.44 bits per heavy atom. The lowest BCUT2D eigenvalue weighted by atomic mass is 10.00. The molecule has 0 aliphatic rings. The molecule has 2 rings (SSSR count). The monoisotopic (exact) mass is 217 g/mol. The molecule has 0 bridgehead atoms. The minimum atomic E-state index is -0.585. The van der Waals surface area contributed by atoms with E-state index >= 15 is 0 Å². The number of fused-ring (bicyclic) bond motifs is 1. The van der Waals surface area contributed by atoms with Crippen LogP contribution in [-0.2, 0) is 11.2 Å². The summed E-state index contributed by atoms with van der Waals surface area (Å²) in [7, 11) is 0. The summed E-state index contributed by atoms with van der Waals surface area (Å²) in [5.74, 6) is 0.769. The van der Waals surface area contributed by atoms with Crippen LogP contribution in [0.25, 0.3) is 11.0 Å². The van der Waals surface area contributed by atoms with Crippen LogP contribution in [0.3, 0.4) is 0 Å². The van der Waals surface area contributed by atoms with Crippen LogP contribution in [0.4, 0.5) is 0 Å². The lowest BCUT2D eigenvalue weighted by Gasteiger charge is -2.07. The molecular weight excluding hydrogens is 202 g/mol. The number of carbonyl (C=O) groups is 1. The summed E-state index contributed by atoms with van der Waals surface area (Å²) in [6, 6.07) is 7.08. The molecule has 0 aliphatic carbocycles. The van der Waals surface area contributed by atoms with Crippen molar-refractivity contribution in [3.8, 4) is 0 Å². The summed E-state index contributed by atoms with van der Waals surface area (Å²) in [4.78, 5) is 11.4. The molecule has 1 aromatic heterocycles. The van der Waals surface area contributed by atoms with E-state index < -0.39 is 6.04 Å². The number of para-hydroxylation sites is 1. The molecule has 1 aromatic carbocycles. The highest BCUT2D eigenvalue weighted by atomic mass is 16.3. The highest BCUT2D eigenvalue weighted by Gasteiger charge is 2.21. The number of hydrogen-bond donors (Lipinski definition) is 1. The Morgan fingerprint density at radius 2 is 2.12 bits per heavy atom. The van der Waals surface area contributed by atoms with Gasteiger partial charge < -0.3 is 10.2 Å². The normalized spacial score (nSPS) is 12.9. The summed E-state index contributed by atoms with van der Waals surface area (Å²) in [6.07, 6.45) is 0.741. The largest absolute Gasteiger partial charge is 0.461 e.